The molecule has 4 heterocycles. The molecule has 2 aromatic rings. The average Bonchev–Trinajstić information content (AvgIpc) is 3.33. The summed E-state index contributed by atoms with van der Waals surface area (Å²) in [5.74, 6) is 2.33. The number of likely N-dealkylation sites (tertiary alicyclic amines) is 2. The van der Waals surface area contributed by atoms with Crippen LogP contribution in [0.5, 0.6) is 0 Å². The molecule has 144 valence electrons. The number of carbonyl (C=O) groups excluding carboxylic acids is 1. The summed E-state index contributed by atoms with van der Waals surface area (Å²) >= 11 is 0. The van der Waals surface area contributed by atoms with Crippen LogP contribution in [0.25, 0.3) is 0 Å². The molecule has 0 bridgehead atoms. The van der Waals surface area contributed by atoms with E-state index in [0.717, 1.165) is 56.4 Å². The van der Waals surface area contributed by atoms with Gasteiger partial charge in [-0.2, -0.15) is 0 Å². The van der Waals surface area contributed by atoms with E-state index in [1.807, 2.05) is 24.0 Å². The molecule has 1 atom stereocenters. The number of aryl methyl sites for hydroxylation is 1. The van der Waals surface area contributed by atoms with Crippen molar-refractivity contribution in [3.63, 3.8) is 0 Å². The Morgan fingerprint density at radius 1 is 1.15 bits per heavy atom. The zero-order valence-corrected chi connectivity index (χ0v) is 16.3. The number of pyridine rings is 1. The van der Waals surface area contributed by atoms with E-state index in [-0.39, 0.29) is 11.8 Å². The van der Waals surface area contributed by atoms with Crippen molar-refractivity contribution >= 4 is 5.91 Å². The number of hydrogen-bond acceptors (Lipinski definition) is 5. The predicted molar refractivity (Wildman–Crippen MR) is 102 cm³/mol. The van der Waals surface area contributed by atoms with Crippen LogP contribution in [-0.2, 0) is 13.6 Å². The lowest BCUT2D eigenvalue weighted by atomic mass is 9.96. The minimum Gasteiger partial charge on any atom is -0.338 e. The molecule has 0 saturated carbocycles. The summed E-state index contributed by atoms with van der Waals surface area (Å²) < 4.78 is 2.14. The highest BCUT2D eigenvalue weighted by Gasteiger charge is 2.29. The normalized spacial score (nSPS) is 21.0. The van der Waals surface area contributed by atoms with E-state index in [0.29, 0.717) is 12.1 Å². The highest BCUT2D eigenvalue weighted by Crippen LogP contribution is 2.27. The molecule has 0 N–H and O–H groups in total. The Morgan fingerprint density at radius 3 is 2.70 bits per heavy atom. The van der Waals surface area contributed by atoms with Crippen molar-refractivity contribution in [3.8, 4) is 0 Å². The summed E-state index contributed by atoms with van der Waals surface area (Å²) in [7, 11) is 2.06. The van der Waals surface area contributed by atoms with E-state index in [4.69, 9.17) is 0 Å². The quantitative estimate of drug-likeness (QED) is 0.827. The molecular formula is C20H28N6O. The Bertz CT molecular complexity index is 793. The Kier molecular flexibility index (Phi) is 5.20. The van der Waals surface area contributed by atoms with Crippen LogP contribution in [0.4, 0.5) is 0 Å². The maximum absolute atomic E-state index is 12.8. The molecule has 2 saturated heterocycles. The molecule has 4 rings (SSSR count). The molecule has 2 aliphatic rings. The first-order chi connectivity index (χ1) is 13.1. The number of piperidine rings is 1. The van der Waals surface area contributed by atoms with Gasteiger partial charge in [0, 0.05) is 37.9 Å². The molecule has 2 fully saturated rings. The van der Waals surface area contributed by atoms with Gasteiger partial charge in [-0.3, -0.25) is 14.7 Å². The fourth-order valence-corrected chi connectivity index (χ4v) is 4.16. The van der Waals surface area contributed by atoms with Crippen molar-refractivity contribution in [3.05, 3.63) is 41.2 Å². The molecule has 1 unspecified atom stereocenters. The van der Waals surface area contributed by atoms with Crippen molar-refractivity contribution in [2.45, 2.75) is 45.1 Å². The van der Waals surface area contributed by atoms with Crippen LogP contribution in [0.3, 0.4) is 0 Å². The smallest absolute Gasteiger partial charge is 0.255 e. The first-order valence-electron chi connectivity index (χ1n) is 9.94. The minimum absolute atomic E-state index is 0.0617. The summed E-state index contributed by atoms with van der Waals surface area (Å²) in [6.45, 7) is 6.59. The third kappa shape index (κ3) is 3.88. The van der Waals surface area contributed by atoms with E-state index >= 15 is 0 Å². The lowest BCUT2D eigenvalue weighted by molar-refractivity contribution is 0.0703. The molecule has 2 aliphatic heterocycles. The van der Waals surface area contributed by atoms with Crippen molar-refractivity contribution in [1.82, 2.24) is 29.5 Å². The Labute approximate surface area is 160 Å². The van der Waals surface area contributed by atoms with Gasteiger partial charge >= 0.3 is 0 Å². The molecule has 7 heteroatoms. The van der Waals surface area contributed by atoms with Crippen LogP contribution >= 0.6 is 0 Å². The number of nitrogens with zero attached hydrogens (tertiary/aromatic N) is 6. The summed E-state index contributed by atoms with van der Waals surface area (Å²) in [5, 5.41) is 8.95. The van der Waals surface area contributed by atoms with Gasteiger partial charge < -0.3 is 9.47 Å². The number of carbonyl (C=O) groups is 1. The molecule has 1 amide bonds. The molecule has 0 spiro atoms. The summed E-state index contributed by atoms with van der Waals surface area (Å²) in [4.78, 5) is 21.5. The van der Waals surface area contributed by atoms with E-state index in [9.17, 15) is 4.79 Å². The van der Waals surface area contributed by atoms with Gasteiger partial charge in [0.05, 0.1) is 12.1 Å². The van der Waals surface area contributed by atoms with Gasteiger partial charge in [0.1, 0.15) is 11.6 Å². The van der Waals surface area contributed by atoms with Crippen molar-refractivity contribution in [2.24, 2.45) is 7.05 Å². The lowest BCUT2D eigenvalue weighted by Gasteiger charge is -2.32. The number of aromatic nitrogens is 4. The second kappa shape index (κ2) is 7.76. The lowest BCUT2D eigenvalue weighted by Crippen LogP contribution is -2.39. The fourth-order valence-electron chi connectivity index (χ4n) is 4.16. The largest absolute Gasteiger partial charge is 0.338 e. The van der Waals surface area contributed by atoms with E-state index < -0.39 is 0 Å². The van der Waals surface area contributed by atoms with Gasteiger partial charge in [-0.15, -0.1) is 10.2 Å². The van der Waals surface area contributed by atoms with E-state index in [1.54, 1.807) is 6.20 Å². The Morgan fingerprint density at radius 2 is 1.96 bits per heavy atom. The van der Waals surface area contributed by atoms with Gasteiger partial charge in [-0.05, 0) is 57.8 Å². The van der Waals surface area contributed by atoms with Gasteiger partial charge in [-0.25, -0.2) is 0 Å². The van der Waals surface area contributed by atoms with Crippen LogP contribution in [-0.4, -0.2) is 61.6 Å². The van der Waals surface area contributed by atoms with Crippen LogP contribution in [0.1, 0.15) is 59.3 Å². The van der Waals surface area contributed by atoms with Gasteiger partial charge in [0.2, 0.25) is 0 Å². The van der Waals surface area contributed by atoms with Crippen LogP contribution < -0.4 is 0 Å². The molecule has 0 aliphatic carbocycles. The monoisotopic (exact) mass is 368 g/mol. The molecule has 7 nitrogen and oxygen atoms in total. The zero-order chi connectivity index (χ0) is 18.8. The molecule has 0 radical (unpaired) electrons. The SMILES string of the molecule is Cc1ccc(C(=O)N2CCCC(c3nnc(CN4CCCC4)n3C)C2)cn1. The first-order valence-corrected chi connectivity index (χ1v) is 9.94. The van der Waals surface area contributed by atoms with Crippen molar-refractivity contribution < 1.29 is 4.79 Å². The van der Waals surface area contributed by atoms with Crippen molar-refractivity contribution in [2.75, 3.05) is 26.2 Å². The van der Waals surface area contributed by atoms with Crippen LogP contribution in [0.2, 0.25) is 0 Å². The average molecular weight is 368 g/mol. The maximum atomic E-state index is 12.8. The fraction of sp³-hybridized carbons (Fsp3) is 0.600. The molecular weight excluding hydrogens is 340 g/mol. The third-order valence-corrected chi connectivity index (χ3v) is 5.79. The standard InChI is InChI=1S/C20H28N6O/c1-15-7-8-16(12-21-15)20(27)26-11-5-6-17(13-26)19-23-22-18(24(19)2)14-25-9-3-4-10-25/h7-8,12,17H,3-6,9-11,13-14H2,1-2H3. The third-order valence-electron chi connectivity index (χ3n) is 5.79. The summed E-state index contributed by atoms with van der Waals surface area (Å²) in [6, 6.07) is 3.76. The van der Waals surface area contributed by atoms with Crippen molar-refractivity contribution in [1.29, 1.82) is 0 Å². The predicted octanol–water partition coefficient (Wildman–Crippen LogP) is 2.13. The highest BCUT2D eigenvalue weighted by atomic mass is 16.2. The Balaban J connectivity index is 1.45. The van der Waals surface area contributed by atoms with E-state index in [1.165, 1.54) is 12.8 Å². The van der Waals surface area contributed by atoms with Gasteiger partial charge in [0.25, 0.3) is 5.91 Å². The minimum atomic E-state index is 0.0617. The molecule has 2 aromatic heterocycles. The zero-order valence-electron chi connectivity index (χ0n) is 16.3. The number of hydrogen-bond donors (Lipinski definition) is 0. The van der Waals surface area contributed by atoms with Crippen LogP contribution in [0, 0.1) is 6.92 Å². The van der Waals surface area contributed by atoms with Gasteiger partial charge in [-0.1, -0.05) is 0 Å². The van der Waals surface area contributed by atoms with E-state index in [2.05, 4.69) is 31.7 Å². The maximum Gasteiger partial charge on any atom is 0.255 e. The number of rotatable bonds is 4. The van der Waals surface area contributed by atoms with Crippen LogP contribution in [0.15, 0.2) is 18.3 Å². The molecule has 0 aromatic carbocycles. The highest BCUT2D eigenvalue weighted by molar-refractivity contribution is 5.94. The first kappa shape index (κ1) is 18.1. The van der Waals surface area contributed by atoms with Gasteiger partial charge in [0.15, 0.2) is 0 Å². The second-order valence-corrected chi connectivity index (χ2v) is 7.80. The Hall–Kier alpha value is -2.28. The summed E-state index contributed by atoms with van der Waals surface area (Å²) in [5.41, 5.74) is 1.58. The molecule has 27 heavy (non-hydrogen) atoms. The summed E-state index contributed by atoms with van der Waals surface area (Å²) in [6.07, 6.45) is 6.27. The topological polar surface area (TPSA) is 67.2 Å². The number of amides is 1. The second-order valence-electron chi connectivity index (χ2n) is 7.80.